The highest BCUT2D eigenvalue weighted by Gasteiger charge is 1.98. The second kappa shape index (κ2) is 6.14. The summed E-state index contributed by atoms with van der Waals surface area (Å²) in [6.45, 7) is 5.07. The fourth-order valence-corrected chi connectivity index (χ4v) is 1.31. The van der Waals surface area contributed by atoms with Gasteiger partial charge in [0.05, 0.1) is 6.61 Å². The van der Waals surface area contributed by atoms with Gasteiger partial charge < -0.3 is 4.74 Å². The molecule has 1 nitrogen and oxygen atoms in total. The standard InChI is InChI=1S/C14H18O/c1-4-5-6-11-15-14-9-7-13(8-10-14)12(2)3/h1,7-10,12H,5-6,11H2,2-3H3. The summed E-state index contributed by atoms with van der Waals surface area (Å²) in [6, 6.07) is 8.26. The normalized spacial score (nSPS) is 10.0. The Balaban J connectivity index is 2.40. The molecule has 0 saturated heterocycles. The molecule has 1 aromatic carbocycles. The molecule has 0 fully saturated rings. The van der Waals surface area contributed by atoms with E-state index in [0.717, 1.165) is 18.6 Å². The summed E-state index contributed by atoms with van der Waals surface area (Å²) in [5, 5.41) is 0. The fraction of sp³-hybridized carbons (Fsp3) is 0.429. The van der Waals surface area contributed by atoms with Crippen molar-refractivity contribution >= 4 is 0 Å². The monoisotopic (exact) mass is 202 g/mol. The van der Waals surface area contributed by atoms with E-state index in [1.165, 1.54) is 5.56 Å². The van der Waals surface area contributed by atoms with Crippen molar-refractivity contribution in [3.8, 4) is 18.1 Å². The lowest BCUT2D eigenvalue weighted by Gasteiger charge is -2.08. The Kier molecular flexibility index (Phi) is 4.77. The van der Waals surface area contributed by atoms with Crippen molar-refractivity contribution in [2.75, 3.05) is 6.61 Å². The van der Waals surface area contributed by atoms with Crippen molar-refractivity contribution in [1.29, 1.82) is 0 Å². The SMILES string of the molecule is C#CCCCOc1ccc(C(C)C)cc1. The number of unbranched alkanes of at least 4 members (excludes halogenated alkanes) is 1. The fourth-order valence-electron chi connectivity index (χ4n) is 1.31. The molecular weight excluding hydrogens is 184 g/mol. The smallest absolute Gasteiger partial charge is 0.119 e. The third kappa shape index (κ3) is 4.08. The van der Waals surface area contributed by atoms with Gasteiger partial charge in [-0.15, -0.1) is 12.3 Å². The van der Waals surface area contributed by atoms with E-state index in [0.29, 0.717) is 12.5 Å². The molecule has 80 valence electrons. The highest BCUT2D eigenvalue weighted by Crippen LogP contribution is 2.18. The van der Waals surface area contributed by atoms with Gasteiger partial charge in [-0.2, -0.15) is 0 Å². The predicted molar refractivity (Wildman–Crippen MR) is 64.1 cm³/mol. The van der Waals surface area contributed by atoms with Crippen molar-refractivity contribution in [2.45, 2.75) is 32.6 Å². The van der Waals surface area contributed by atoms with Crippen molar-refractivity contribution in [1.82, 2.24) is 0 Å². The first kappa shape index (κ1) is 11.7. The molecule has 0 amide bonds. The first-order valence-electron chi connectivity index (χ1n) is 5.40. The van der Waals surface area contributed by atoms with E-state index in [9.17, 15) is 0 Å². The van der Waals surface area contributed by atoms with Crippen LogP contribution in [0.25, 0.3) is 0 Å². The maximum absolute atomic E-state index is 5.55. The average Bonchev–Trinajstić information content (AvgIpc) is 2.25. The van der Waals surface area contributed by atoms with Crippen LogP contribution in [0.4, 0.5) is 0 Å². The molecule has 1 rings (SSSR count). The number of benzene rings is 1. The Morgan fingerprint density at radius 1 is 1.27 bits per heavy atom. The Labute approximate surface area is 92.5 Å². The second-order valence-corrected chi connectivity index (χ2v) is 3.88. The van der Waals surface area contributed by atoms with Crippen LogP contribution in [0.3, 0.4) is 0 Å². The van der Waals surface area contributed by atoms with Gasteiger partial charge in [-0.1, -0.05) is 26.0 Å². The summed E-state index contributed by atoms with van der Waals surface area (Å²) in [6.07, 6.45) is 6.86. The first-order chi connectivity index (χ1) is 7.24. The van der Waals surface area contributed by atoms with E-state index < -0.39 is 0 Å². The molecule has 0 radical (unpaired) electrons. The lowest BCUT2D eigenvalue weighted by Crippen LogP contribution is -1.97. The zero-order valence-electron chi connectivity index (χ0n) is 9.49. The van der Waals surface area contributed by atoms with E-state index >= 15 is 0 Å². The van der Waals surface area contributed by atoms with E-state index in [4.69, 9.17) is 11.2 Å². The molecule has 0 atom stereocenters. The van der Waals surface area contributed by atoms with Crippen LogP contribution in [0.2, 0.25) is 0 Å². The first-order valence-corrected chi connectivity index (χ1v) is 5.40. The van der Waals surface area contributed by atoms with Gasteiger partial charge >= 0.3 is 0 Å². The third-order valence-electron chi connectivity index (χ3n) is 2.28. The van der Waals surface area contributed by atoms with Crippen molar-refractivity contribution in [3.05, 3.63) is 29.8 Å². The lowest BCUT2D eigenvalue weighted by molar-refractivity contribution is 0.313. The number of terminal acetylenes is 1. The third-order valence-corrected chi connectivity index (χ3v) is 2.28. The van der Waals surface area contributed by atoms with Crippen molar-refractivity contribution in [2.24, 2.45) is 0 Å². The molecule has 1 heteroatoms. The van der Waals surface area contributed by atoms with Gasteiger partial charge in [0.15, 0.2) is 0 Å². The van der Waals surface area contributed by atoms with E-state index in [-0.39, 0.29) is 0 Å². The van der Waals surface area contributed by atoms with Gasteiger partial charge in [-0.05, 0) is 30.0 Å². The minimum atomic E-state index is 0.570. The molecule has 0 aliphatic rings. The van der Waals surface area contributed by atoms with E-state index in [1.807, 2.05) is 12.1 Å². The number of hydrogen-bond acceptors (Lipinski definition) is 1. The minimum absolute atomic E-state index is 0.570. The highest BCUT2D eigenvalue weighted by molar-refractivity contribution is 5.28. The summed E-state index contributed by atoms with van der Waals surface area (Å²) < 4.78 is 5.55. The van der Waals surface area contributed by atoms with Crippen LogP contribution >= 0.6 is 0 Å². The van der Waals surface area contributed by atoms with Crippen LogP contribution in [0.1, 0.15) is 38.2 Å². The Morgan fingerprint density at radius 2 is 1.93 bits per heavy atom. The zero-order valence-corrected chi connectivity index (χ0v) is 9.49. The molecule has 0 aliphatic heterocycles. The summed E-state index contributed by atoms with van der Waals surface area (Å²) in [5.41, 5.74) is 1.34. The molecule has 0 aromatic heterocycles. The molecule has 0 unspecified atom stereocenters. The minimum Gasteiger partial charge on any atom is -0.494 e. The topological polar surface area (TPSA) is 9.23 Å². The molecule has 0 N–H and O–H groups in total. The van der Waals surface area contributed by atoms with Crippen LogP contribution in [-0.2, 0) is 0 Å². The van der Waals surface area contributed by atoms with Crippen molar-refractivity contribution < 1.29 is 4.74 Å². The summed E-state index contributed by atoms with van der Waals surface area (Å²) >= 11 is 0. The molecule has 0 spiro atoms. The van der Waals surface area contributed by atoms with Gasteiger partial charge in [0.1, 0.15) is 5.75 Å². The quantitative estimate of drug-likeness (QED) is 0.523. The van der Waals surface area contributed by atoms with E-state index in [2.05, 4.69) is 31.9 Å². The average molecular weight is 202 g/mol. The molecule has 0 saturated carbocycles. The van der Waals surface area contributed by atoms with Crippen LogP contribution in [0, 0.1) is 12.3 Å². The molecule has 1 aromatic rings. The van der Waals surface area contributed by atoms with Crippen LogP contribution < -0.4 is 4.74 Å². The largest absolute Gasteiger partial charge is 0.494 e. The van der Waals surface area contributed by atoms with Gasteiger partial charge in [-0.3, -0.25) is 0 Å². The molecular formula is C14H18O. The van der Waals surface area contributed by atoms with Crippen LogP contribution in [-0.4, -0.2) is 6.61 Å². The maximum atomic E-state index is 5.55. The van der Waals surface area contributed by atoms with Crippen LogP contribution in [0.5, 0.6) is 5.75 Å². The molecule has 0 aliphatic carbocycles. The second-order valence-electron chi connectivity index (χ2n) is 3.88. The number of ether oxygens (including phenoxy) is 1. The Bertz CT molecular complexity index is 316. The van der Waals surface area contributed by atoms with E-state index in [1.54, 1.807) is 0 Å². The maximum Gasteiger partial charge on any atom is 0.119 e. The molecule has 0 bridgehead atoms. The zero-order chi connectivity index (χ0) is 11.1. The Morgan fingerprint density at radius 3 is 2.47 bits per heavy atom. The van der Waals surface area contributed by atoms with Gasteiger partial charge in [0.25, 0.3) is 0 Å². The Hall–Kier alpha value is -1.42. The van der Waals surface area contributed by atoms with Crippen LogP contribution in [0.15, 0.2) is 24.3 Å². The van der Waals surface area contributed by atoms with Gasteiger partial charge in [0.2, 0.25) is 0 Å². The summed E-state index contributed by atoms with van der Waals surface area (Å²) in [4.78, 5) is 0. The number of hydrogen-bond donors (Lipinski definition) is 0. The van der Waals surface area contributed by atoms with Gasteiger partial charge in [0, 0.05) is 6.42 Å². The van der Waals surface area contributed by atoms with Crippen molar-refractivity contribution in [3.63, 3.8) is 0 Å². The summed E-state index contributed by atoms with van der Waals surface area (Å²) in [5.74, 6) is 4.10. The lowest BCUT2D eigenvalue weighted by atomic mass is 10.0. The van der Waals surface area contributed by atoms with Gasteiger partial charge in [-0.25, -0.2) is 0 Å². The highest BCUT2D eigenvalue weighted by atomic mass is 16.5. The number of rotatable bonds is 5. The predicted octanol–water partition coefficient (Wildman–Crippen LogP) is 3.60. The molecule has 15 heavy (non-hydrogen) atoms. The summed E-state index contributed by atoms with van der Waals surface area (Å²) in [7, 11) is 0. The molecule has 0 heterocycles.